The molecule has 0 radical (unpaired) electrons. The summed E-state index contributed by atoms with van der Waals surface area (Å²) < 4.78 is 0. The standard InChI is InChI=1S/C27H41N3O2/c1-20-3-5-23(6-4-20)17-29-25(16-22-9-13-27(32)14-10-22)19-30-24(18-28-2)15-21-7-11-26(31)12-8-21/h7-14,20,23-25,28-32H,3-6,15-19H2,1-2H3/t20?,23?,24-,25-/m0/s1. The first-order valence-corrected chi connectivity index (χ1v) is 12.2. The van der Waals surface area contributed by atoms with Crippen molar-refractivity contribution in [3.63, 3.8) is 0 Å². The van der Waals surface area contributed by atoms with E-state index in [4.69, 9.17) is 0 Å². The lowest BCUT2D eigenvalue weighted by Crippen LogP contribution is -2.48. The van der Waals surface area contributed by atoms with E-state index in [1.807, 2.05) is 31.3 Å². The topological polar surface area (TPSA) is 76.5 Å². The summed E-state index contributed by atoms with van der Waals surface area (Å²) in [5.41, 5.74) is 2.46. The van der Waals surface area contributed by atoms with E-state index >= 15 is 0 Å². The summed E-state index contributed by atoms with van der Waals surface area (Å²) in [4.78, 5) is 0. The van der Waals surface area contributed by atoms with Crippen LogP contribution in [0.15, 0.2) is 48.5 Å². The number of aromatic hydroxyl groups is 2. The van der Waals surface area contributed by atoms with E-state index in [-0.39, 0.29) is 0 Å². The van der Waals surface area contributed by atoms with Gasteiger partial charge in [-0.1, -0.05) is 44.0 Å². The van der Waals surface area contributed by atoms with Gasteiger partial charge in [0.15, 0.2) is 0 Å². The molecule has 2 aromatic carbocycles. The van der Waals surface area contributed by atoms with Gasteiger partial charge in [-0.15, -0.1) is 0 Å². The van der Waals surface area contributed by atoms with Gasteiger partial charge in [0.2, 0.25) is 0 Å². The van der Waals surface area contributed by atoms with Crippen LogP contribution in [0.3, 0.4) is 0 Å². The second kappa shape index (κ2) is 12.8. The summed E-state index contributed by atoms with van der Waals surface area (Å²) in [5.74, 6) is 2.28. The van der Waals surface area contributed by atoms with Crippen LogP contribution in [0.2, 0.25) is 0 Å². The molecule has 2 atom stereocenters. The Morgan fingerprint density at radius 1 is 0.750 bits per heavy atom. The number of likely N-dealkylation sites (N-methyl/N-ethyl adjacent to an activating group) is 1. The zero-order chi connectivity index (χ0) is 22.8. The van der Waals surface area contributed by atoms with Gasteiger partial charge in [0.05, 0.1) is 0 Å². The molecule has 1 aliphatic carbocycles. The van der Waals surface area contributed by atoms with Crippen LogP contribution in [0, 0.1) is 11.8 Å². The van der Waals surface area contributed by atoms with Crippen molar-refractivity contribution in [3.05, 3.63) is 59.7 Å². The summed E-state index contributed by atoms with van der Waals surface area (Å²) in [6.07, 6.45) is 7.21. The average molecular weight is 440 g/mol. The fraction of sp³-hybridized carbons (Fsp3) is 0.556. The van der Waals surface area contributed by atoms with Gasteiger partial charge in [-0.2, -0.15) is 0 Å². The number of rotatable bonds is 12. The van der Waals surface area contributed by atoms with Crippen molar-refractivity contribution in [2.45, 2.75) is 57.5 Å². The SMILES string of the molecule is CNC[C@H](Cc1ccc(O)cc1)NC[C@H](Cc1ccc(O)cc1)NCC1CCC(C)CC1. The maximum atomic E-state index is 9.63. The summed E-state index contributed by atoms with van der Waals surface area (Å²) in [6.45, 7) is 5.21. The van der Waals surface area contributed by atoms with E-state index in [2.05, 4.69) is 22.9 Å². The minimum atomic E-state index is 0.308. The highest BCUT2D eigenvalue weighted by molar-refractivity contribution is 5.27. The Bertz CT molecular complexity index is 770. The Morgan fingerprint density at radius 3 is 1.75 bits per heavy atom. The number of hydrogen-bond acceptors (Lipinski definition) is 5. The van der Waals surface area contributed by atoms with Crippen molar-refractivity contribution in [3.8, 4) is 11.5 Å². The Hall–Kier alpha value is -2.08. The molecule has 0 bridgehead atoms. The van der Waals surface area contributed by atoms with Crippen LogP contribution < -0.4 is 16.0 Å². The van der Waals surface area contributed by atoms with Gasteiger partial charge in [-0.25, -0.2) is 0 Å². The van der Waals surface area contributed by atoms with Crippen LogP contribution in [0.4, 0.5) is 0 Å². The number of phenolic OH excluding ortho intramolecular Hbond substituents is 2. The maximum absolute atomic E-state index is 9.63. The van der Waals surface area contributed by atoms with Crippen molar-refractivity contribution in [1.29, 1.82) is 0 Å². The van der Waals surface area contributed by atoms with E-state index in [1.54, 1.807) is 24.3 Å². The van der Waals surface area contributed by atoms with E-state index < -0.39 is 0 Å². The van der Waals surface area contributed by atoms with Crippen molar-refractivity contribution in [2.75, 3.05) is 26.7 Å². The van der Waals surface area contributed by atoms with Gasteiger partial charge in [0.25, 0.3) is 0 Å². The van der Waals surface area contributed by atoms with Crippen LogP contribution in [0.5, 0.6) is 11.5 Å². The molecule has 32 heavy (non-hydrogen) atoms. The third-order valence-corrected chi connectivity index (χ3v) is 6.77. The van der Waals surface area contributed by atoms with Gasteiger partial charge >= 0.3 is 0 Å². The quantitative estimate of drug-likeness (QED) is 0.347. The van der Waals surface area contributed by atoms with Crippen LogP contribution in [0.25, 0.3) is 0 Å². The monoisotopic (exact) mass is 439 g/mol. The molecule has 2 aromatic rings. The lowest BCUT2D eigenvalue weighted by molar-refractivity contribution is 0.271. The van der Waals surface area contributed by atoms with Crippen molar-refractivity contribution in [1.82, 2.24) is 16.0 Å². The molecule has 0 amide bonds. The van der Waals surface area contributed by atoms with Crippen LogP contribution in [-0.4, -0.2) is 49.0 Å². The van der Waals surface area contributed by atoms with Gasteiger partial charge < -0.3 is 26.2 Å². The van der Waals surface area contributed by atoms with E-state index in [9.17, 15) is 10.2 Å². The first-order chi connectivity index (χ1) is 15.5. The van der Waals surface area contributed by atoms with Gasteiger partial charge in [0, 0.05) is 25.2 Å². The van der Waals surface area contributed by atoms with Crippen molar-refractivity contribution >= 4 is 0 Å². The predicted molar refractivity (Wildman–Crippen MR) is 132 cm³/mol. The van der Waals surface area contributed by atoms with Gasteiger partial charge in [-0.05, 0) is 86.5 Å². The summed E-state index contributed by atoms with van der Waals surface area (Å²) in [6, 6.07) is 15.7. The lowest BCUT2D eigenvalue weighted by atomic mass is 9.83. The fourth-order valence-corrected chi connectivity index (χ4v) is 4.69. The van der Waals surface area contributed by atoms with Crippen molar-refractivity contribution in [2.24, 2.45) is 11.8 Å². The molecule has 0 aromatic heterocycles. The molecule has 5 N–H and O–H groups in total. The minimum absolute atomic E-state index is 0.308. The first kappa shape index (κ1) is 24.6. The number of phenols is 2. The highest BCUT2D eigenvalue weighted by atomic mass is 16.3. The zero-order valence-corrected chi connectivity index (χ0v) is 19.7. The molecule has 1 fully saturated rings. The molecule has 0 heterocycles. The normalized spacial score (nSPS) is 20.7. The summed E-state index contributed by atoms with van der Waals surface area (Å²) in [7, 11) is 1.99. The van der Waals surface area contributed by atoms with Gasteiger partial charge in [0.1, 0.15) is 11.5 Å². The highest BCUT2D eigenvalue weighted by Crippen LogP contribution is 2.27. The molecular weight excluding hydrogens is 398 g/mol. The van der Waals surface area contributed by atoms with Crippen LogP contribution in [0.1, 0.15) is 43.7 Å². The Labute approximate surface area is 193 Å². The third-order valence-electron chi connectivity index (χ3n) is 6.77. The number of hydrogen-bond donors (Lipinski definition) is 5. The van der Waals surface area contributed by atoms with Crippen LogP contribution in [-0.2, 0) is 12.8 Å². The Kier molecular flexibility index (Phi) is 9.85. The molecule has 1 saturated carbocycles. The third kappa shape index (κ3) is 8.45. The Balaban J connectivity index is 1.58. The molecule has 5 nitrogen and oxygen atoms in total. The highest BCUT2D eigenvalue weighted by Gasteiger charge is 2.20. The zero-order valence-electron chi connectivity index (χ0n) is 19.7. The first-order valence-electron chi connectivity index (χ1n) is 12.2. The average Bonchev–Trinajstić information content (AvgIpc) is 2.79. The fourth-order valence-electron chi connectivity index (χ4n) is 4.69. The molecule has 0 spiro atoms. The number of benzene rings is 2. The largest absolute Gasteiger partial charge is 0.508 e. The molecule has 3 rings (SSSR count). The molecule has 0 unspecified atom stereocenters. The van der Waals surface area contributed by atoms with E-state index in [0.717, 1.165) is 44.3 Å². The predicted octanol–water partition coefficient (Wildman–Crippen LogP) is 3.85. The minimum Gasteiger partial charge on any atom is -0.508 e. The molecule has 0 saturated heterocycles. The summed E-state index contributed by atoms with van der Waals surface area (Å²) in [5, 5.41) is 30.1. The molecule has 0 aliphatic heterocycles. The second-order valence-electron chi connectivity index (χ2n) is 9.64. The lowest BCUT2D eigenvalue weighted by Gasteiger charge is -2.29. The van der Waals surface area contributed by atoms with Crippen molar-refractivity contribution < 1.29 is 10.2 Å². The smallest absolute Gasteiger partial charge is 0.115 e. The van der Waals surface area contributed by atoms with E-state index in [1.165, 1.54) is 36.8 Å². The van der Waals surface area contributed by atoms with Crippen LogP contribution >= 0.6 is 0 Å². The van der Waals surface area contributed by atoms with Gasteiger partial charge in [-0.3, -0.25) is 0 Å². The second-order valence-corrected chi connectivity index (χ2v) is 9.64. The number of nitrogens with one attached hydrogen (secondary N) is 3. The summed E-state index contributed by atoms with van der Waals surface area (Å²) >= 11 is 0. The molecular formula is C27H41N3O2. The maximum Gasteiger partial charge on any atom is 0.115 e. The molecule has 176 valence electrons. The molecule has 1 aliphatic rings. The Morgan fingerprint density at radius 2 is 1.25 bits per heavy atom. The van der Waals surface area contributed by atoms with E-state index in [0.29, 0.717) is 23.6 Å². The molecule has 5 heteroatoms.